The molecule has 5 heteroatoms. The van der Waals surface area contributed by atoms with Crippen molar-refractivity contribution in [3.05, 3.63) is 58.6 Å². The van der Waals surface area contributed by atoms with E-state index < -0.39 is 6.04 Å². The number of carbonyl (C=O) groups is 2. The van der Waals surface area contributed by atoms with Crippen LogP contribution in [0.3, 0.4) is 0 Å². The molecular formula is C18H17ClN2O2. The number of nitrogens with one attached hydrogen (secondary N) is 1. The van der Waals surface area contributed by atoms with E-state index in [0.717, 1.165) is 16.8 Å². The molecule has 2 aromatic carbocycles. The molecule has 1 heterocycles. The van der Waals surface area contributed by atoms with Crippen molar-refractivity contribution < 1.29 is 9.59 Å². The van der Waals surface area contributed by atoms with Crippen molar-refractivity contribution in [2.24, 2.45) is 0 Å². The predicted molar refractivity (Wildman–Crippen MR) is 91.9 cm³/mol. The van der Waals surface area contributed by atoms with Crippen LogP contribution in [0.2, 0.25) is 5.02 Å². The van der Waals surface area contributed by atoms with Gasteiger partial charge in [0.05, 0.1) is 12.1 Å². The van der Waals surface area contributed by atoms with Crippen LogP contribution in [-0.2, 0) is 9.59 Å². The van der Waals surface area contributed by atoms with Gasteiger partial charge in [-0.05, 0) is 61.4 Å². The fraction of sp³-hybridized carbons (Fsp3) is 0.222. The Balaban J connectivity index is 1.82. The number of anilines is 2. The highest BCUT2D eigenvalue weighted by Gasteiger charge is 2.39. The van der Waals surface area contributed by atoms with Crippen molar-refractivity contribution in [3.8, 4) is 0 Å². The third-order valence-electron chi connectivity index (χ3n) is 3.79. The Hall–Kier alpha value is -2.33. The predicted octanol–water partition coefficient (Wildman–Crippen LogP) is 3.70. The van der Waals surface area contributed by atoms with Gasteiger partial charge >= 0.3 is 0 Å². The lowest BCUT2D eigenvalue weighted by molar-refractivity contribution is -0.121. The fourth-order valence-corrected chi connectivity index (χ4v) is 2.99. The van der Waals surface area contributed by atoms with Crippen LogP contribution >= 0.6 is 11.6 Å². The number of nitrogens with zero attached hydrogens (tertiary/aromatic N) is 1. The van der Waals surface area contributed by atoms with E-state index in [0.29, 0.717) is 10.7 Å². The molecule has 0 saturated carbocycles. The minimum absolute atomic E-state index is 0.147. The molecule has 0 aromatic heterocycles. The molecule has 1 aliphatic heterocycles. The smallest absolute Gasteiger partial charge is 0.256 e. The van der Waals surface area contributed by atoms with Gasteiger partial charge in [-0.3, -0.25) is 9.59 Å². The first-order valence-corrected chi connectivity index (χ1v) is 7.79. The van der Waals surface area contributed by atoms with E-state index in [4.69, 9.17) is 11.6 Å². The number of halogens is 1. The van der Waals surface area contributed by atoms with Crippen LogP contribution < -0.4 is 10.2 Å². The van der Waals surface area contributed by atoms with Gasteiger partial charge in [-0.1, -0.05) is 17.7 Å². The highest BCUT2D eigenvalue weighted by molar-refractivity contribution is 6.30. The summed E-state index contributed by atoms with van der Waals surface area (Å²) in [6, 6.07) is 12.1. The van der Waals surface area contributed by atoms with E-state index in [1.54, 1.807) is 24.3 Å². The average Bonchev–Trinajstić information content (AvgIpc) is 2.74. The molecule has 118 valence electrons. The van der Waals surface area contributed by atoms with Crippen LogP contribution in [0.1, 0.15) is 17.5 Å². The molecule has 0 unspecified atom stereocenters. The van der Waals surface area contributed by atoms with E-state index in [9.17, 15) is 9.59 Å². The van der Waals surface area contributed by atoms with Crippen molar-refractivity contribution in [1.82, 2.24) is 0 Å². The van der Waals surface area contributed by atoms with Crippen LogP contribution in [0.4, 0.5) is 11.4 Å². The summed E-state index contributed by atoms with van der Waals surface area (Å²) in [5.74, 6) is -0.448. The standard InChI is InChI=1S/C18H17ClN2O2/c1-11-7-12(2)9-14(8-11)20-16-10-17(22)21(18(16)23)15-5-3-13(19)4-6-15/h3-9,16,20H,10H2,1-2H3/t16-/m1/s1. The van der Waals surface area contributed by atoms with Crippen LogP contribution in [0.15, 0.2) is 42.5 Å². The topological polar surface area (TPSA) is 49.4 Å². The second-order valence-electron chi connectivity index (χ2n) is 5.82. The summed E-state index contributed by atoms with van der Waals surface area (Å²) < 4.78 is 0. The molecule has 0 radical (unpaired) electrons. The Labute approximate surface area is 140 Å². The first-order chi connectivity index (χ1) is 10.9. The number of carbonyl (C=O) groups excluding carboxylic acids is 2. The first-order valence-electron chi connectivity index (χ1n) is 7.41. The zero-order chi connectivity index (χ0) is 16.6. The van der Waals surface area contributed by atoms with E-state index in [2.05, 4.69) is 11.4 Å². The molecule has 0 aliphatic carbocycles. The molecule has 1 aliphatic rings. The van der Waals surface area contributed by atoms with Crippen LogP contribution in [-0.4, -0.2) is 17.9 Å². The lowest BCUT2D eigenvalue weighted by Gasteiger charge is -2.16. The first kappa shape index (κ1) is 15.6. The zero-order valence-corrected chi connectivity index (χ0v) is 13.7. The molecular weight excluding hydrogens is 312 g/mol. The third kappa shape index (κ3) is 3.22. The largest absolute Gasteiger partial charge is 0.373 e. The number of aryl methyl sites for hydroxylation is 2. The monoisotopic (exact) mass is 328 g/mol. The maximum atomic E-state index is 12.6. The summed E-state index contributed by atoms with van der Waals surface area (Å²) in [4.78, 5) is 26.0. The lowest BCUT2D eigenvalue weighted by Crippen LogP contribution is -2.34. The minimum Gasteiger partial charge on any atom is -0.373 e. The summed E-state index contributed by atoms with van der Waals surface area (Å²) in [6.07, 6.45) is 0.147. The molecule has 4 nitrogen and oxygen atoms in total. The number of benzene rings is 2. The molecule has 3 rings (SSSR count). The van der Waals surface area contributed by atoms with Gasteiger partial charge in [-0.25, -0.2) is 4.90 Å². The van der Waals surface area contributed by atoms with Crippen LogP contribution in [0.25, 0.3) is 0 Å². The Kier molecular flexibility index (Phi) is 4.09. The SMILES string of the molecule is Cc1cc(C)cc(N[C@@H]2CC(=O)N(c3ccc(Cl)cc3)C2=O)c1. The Bertz CT molecular complexity index is 751. The number of imide groups is 1. The Morgan fingerprint density at radius 2 is 1.65 bits per heavy atom. The van der Waals surface area contributed by atoms with Crippen molar-refractivity contribution in [2.45, 2.75) is 26.3 Å². The summed E-state index contributed by atoms with van der Waals surface area (Å²) >= 11 is 5.86. The van der Waals surface area contributed by atoms with Crippen molar-refractivity contribution in [3.63, 3.8) is 0 Å². The molecule has 0 spiro atoms. The molecule has 23 heavy (non-hydrogen) atoms. The molecule has 1 saturated heterocycles. The molecule has 1 fully saturated rings. The van der Waals surface area contributed by atoms with Crippen molar-refractivity contribution in [1.29, 1.82) is 0 Å². The zero-order valence-electron chi connectivity index (χ0n) is 13.0. The summed E-state index contributed by atoms with van der Waals surface area (Å²) in [5, 5.41) is 3.74. The molecule has 0 bridgehead atoms. The third-order valence-corrected chi connectivity index (χ3v) is 4.05. The van der Waals surface area contributed by atoms with E-state index >= 15 is 0 Å². The number of rotatable bonds is 3. The molecule has 2 amide bonds. The minimum atomic E-state index is -0.542. The van der Waals surface area contributed by atoms with Gasteiger partial charge in [0.15, 0.2) is 0 Å². The average molecular weight is 329 g/mol. The summed E-state index contributed by atoms with van der Waals surface area (Å²) in [6.45, 7) is 4.00. The van der Waals surface area contributed by atoms with Crippen molar-refractivity contribution in [2.75, 3.05) is 10.2 Å². The Morgan fingerprint density at radius 3 is 2.26 bits per heavy atom. The van der Waals surface area contributed by atoms with Crippen molar-refractivity contribution >= 4 is 34.8 Å². The highest BCUT2D eigenvalue weighted by atomic mass is 35.5. The van der Waals surface area contributed by atoms with E-state index in [-0.39, 0.29) is 18.2 Å². The number of hydrogen-bond donors (Lipinski definition) is 1. The fourth-order valence-electron chi connectivity index (χ4n) is 2.87. The molecule has 1 atom stereocenters. The summed E-state index contributed by atoms with van der Waals surface area (Å²) in [5.41, 5.74) is 3.62. The molecule has 2 aromatic rings. The maximum Gasteiger partial charge on any atom is 0.256 e. The summed E-state index contributed by atoms with van der Waals surface area (Å²) in [7, 11) is 0. The molecule has 1 N–H and O–H groups in total. The quantitative estimate of drug-likeness (QED) is 0.874. The lowest BCUT2D eigenvalue weighted by atomic mass is 10.1. The number of hydrogen-bond acceptors (Lipinski definition) is 3. The van der Waals surface area contributed by atoms with Gasteiger partial charge < -0.3 is 5.32 Å². The van der Waals surface area contributed by atoms with Gasteiger partial charge in [0, 0.05) is 10.7 Å². The van der Waals surface area contributed by atoms with E-state index in [1.165, 1.54) is 4.90 Å². The van der Waals surface area contributed by atoms with Gasteiger partial charge in [0.2, 0.25) is 5.91 Å². The second kappa shape index (κ2) is 6.05. The van der Waals surface area contributed by atoms with E-state index in [1.807, 2.05) is 26.0 Å². The van der Waals surface area contributed by atoms with Gasteiger partial charge in [-0.2, -0.15) is 0 Å². The van der Waals surface area contributed by atoms with Crippen LogP contribution in [0, 0.1) is 13.8 Å². The maximum absolute atomic E-state index is 12.6. The normalized spacial score (nSPS) is 17.7. The Morgan fingerprint density at radius 1 is 1.04 bits per heavy atom. The highest BCUT2D eigenvalue weighted by Crippen LogP contribution is 2.26. The van der Waals surface area contributed by atoms with Gasteiger partial charge in [0.25, 0.3) is 5.91 Å². The van der Waals surface area contributed by atoms with Gasteiger partial charge in [-0.15, -0.1) is 0 Å². The number of amides is 2. The van der Waals surface area contributed by atoms with Gasteiger partial charge in [0.1, 0.15) is 6.04 Å². The second-order valence-corrected chi connectivity index (χ2v) is 6.26. The van der Waals surface area contributed by atoms with Crippen LogP contribution in [0.5, 0.6) is 0 Å².